The van der Waals surface area contributed by atoms with E-state index in [2.05, 4.69) is 34.7 Å². The monoisotopic (exact) mass is 374 g/mol. The van der Waals surface area contributed by atoms with Gasteiger partial charge in [-0.15, -0.1) is 0 Å². The first-order valence-corrected chi connectivity index (χ1v) is 8.72. The molecule has 1 aromatic rings. The minimum absolute atomic E-state index is 0.153. The molecule has 1 unspecified atom stereocenters. The second kappa shape index (κ2) is 8.10. The van der Waals surface area contributed by atoms with Crippen molar-refractivity contribution in [1.82, 2.24) is 0 Å². The topological polar surface area (TPSA) is 18.5 Å². The quantitative estimate of drug-likeness (QED) is 0.414. The Bertz CT molecular complexity index is 373. The molecular formula is C16H23IO2. The molecule has 0 radical (unpaired) electrons. The van der Waals surface area contributed by atoms with Crippen LogP contribution in [-0.2, 0) is 4.74 Å². The molecule has 0 heterocycles. The molecule has 0 bridgehead atoms. The number of ether oxygens (including phenoxy) is 2. The van der Waals surface area contributed by atoms with E-state index in [4.69, 9.17) is 9.47 Å². The number of rotatable bonds is 5. The van der Waals surface area contributed by atoms with E-state index in [1.165, 1.54) is 44.1 Å². The van der Waals surface area contributed by atoms with Crippen LogP contribution in [0.1, 0.15) is 50.2 Å². The molecule has 0 aromatic heterocycles. The van der Waals surface area contributed by atoms with Crippen LogP contribution in [0.15, 0.2) is 24.3 Å². The second-order valence-electron chi connectivity index (χ2n) is 5.13. The third-order valence-electron chi connectivity index (χ3n) is 3.78. The van der Waals surface area contributed by atoms with Gasteiger partial charge in [-0.1, -0.05) is 66.5 Å². The van der Waals surface area contributed by atoms with Crippen LogP contribution in [0, 0.1) is 0 Å². The molecule has 0 saturated heterocycles. The zero-order valence-electron chi connectivity index (χ0n) is 11.6. The van der Waals surface area contributed by atoms with E-state index in [-0.39, 0.29) is 6.10 Å². The van der Waals surface area contributed by atoms with Gasteiger partial charge < -0.3 is 9.47 Å². The molecule has 1 aromatic carbocycles. The summed E-state index contributed by atoms with van der Waals surface area (Å²) >= 11 is 2.41. The SMILES string of the molecule is COc1ccccc1C(CI)OC1CCCCCC1. The van der Waals surface area contributed by atoms with Crippen LogP contribution in [0.4, 0.5) is 0 Å². The van der Waals surface area contributed by atoms with E-state index < -0.39 is 0 Å². The third-order valence-corrected chi connectivity index (χ3v) is 4.58. The summed E-state index contributed by atoms with van der Waals surface area (Å²) in [4.78, 5) is 0. The number of alkyl halides is 1. The van der Waals surface area contributed by atoms with Crippen molar-refractivity contribution in [3.8, 4) is 5.75 Å². The predicted octanol–water partition coefficient (Wildman–Crippen LogP) is 4.91. The lowest BCUT2D eigenvalue weighted by Gasteiger charge is -2.24. The van der Waals surface area contributed by atoms with E-state index in [1.807, 2.05) is 12.1 Å². The van der Waals surface area contributed by atoms with Crippen LogP contribution >= 0.6 is 22.6 Å². The minimum atomic E-state index is 0.153. The lowest BCUT2D eigenvalue weighted by Crippen LogP contribution is -2.17. The van der Waals surface area contributed by atoms with Crippen molar-refractivity contribution in [2.45, 2.75) is 50.7 Å². The molecule has 106 valence electrons. The normalized spacial score (nSPS) is 18.8. The molecule has 1 fully saturated rings. The predicted molar refractivity (Wildman–Crippen MR) is 87.2 cm³/mol. The van der Waals surface area contributed by atoms with E-state index in [1.54, 1.807) is 7.11 Å². The van der Waals surface area contributed by atoms with Crippen LogP contribution in [0.5, 0.6) is 5.75 Å². The van der Waals surface area contributed by atoms with Crippen molar-refractivity contribution < 1.29 is 9.47 Å². The Hall–Kier alpha value is -0.290. The molecular weight excluding hydrogens is 351 g/mol. The Morgan fingerprint density at radius 3 is 2.47 bits per heavy atom. The largest absolute Gasteiger partial charge is 0.496 e. The van der Waals surface area contributed by atoms with E-state index in [9.17, 15) is 0 Å². The Balaban J connectivity index is 2.06. The van der Waals surface area contributed by atoms with Gasteiger partial charge in [0.25, 0.3) is 0 Å². The molecule has 1 saturated carbocycles. The molecule has 1 atom stereocenters. The molecule has 1 aliphatic rings. The van der Waals surface area contributed by atoms with Crippen LogP contribution in [-0.4, -0.2) is 17.6 Å². The van der Waals surface area contributed by atoms with Gasteiger partial charge in [0.1, 0.15) is 5.75 Å². The summed E-state index contributed by atoms with van der Waals surface area (Å²) in [5.74, 6) is 0.942. The lowest BCUT2D eigenvalue weighted by molar-refractivity contribution is -0.00801. The van der Waals surface area contributed by atoms with E-state index >= 15 is 0 Å². The Labute approximate surface area is 130 Å². The maximum Gasteiger partial charge on any atom is 0.124 e. The van der Waals surface area contributed by atoms with Gasteiger partial charge in [-0.05, 0) is 18.9 Å². The number of halogens is 1. The summed E-state index contributed by atoms with van der Waals surface area (Å²) in [6, 6.07) is 8.22. The highest BCUT2D eigenvalue weighted by molar-refractivity contribution is 14.1. The Morgan fingerprint density at radius 2 is 1.84 bits per heavy atom. The molecule has 3 heteroatoms. The molecule has 0 spiro atoms. The van der Waals surface area contributed by atoms with Crippen LogP contribution in [0.2, 0.25) is 0 Å². The highest BCUT2D eigenvalue weighted by atomic mass is 127. The first-order valence-electron chi connectivity index (χ1n) is 7.19. The maximum atomic E-state index is 6.36. The molecule has 0 N–H and O–H groups in total. The van der Waals surface area contributed by atoms with Gasteiger partial charge >= 0.3 is 0 Å². The smallest absolute Gasteiger partial charge is 0.124 e. The maximum absolute atomic E-state index is 6.36. The fourth-order valence-corrected chi connectivity index (χ4v) is 3.42. The molecule has 0 aliphatic heterocycles. The van der Waals surface area contributed by atoms with Crippen molar-refractivity contribution in [1.29, 1.82) is 0 Å². The summed E-state index contributed by atoms with van der Waals surface area (Å²) in [6.07, 6.45) is 8.35. The average molecular weight is 374 g/mol. The third kappa shape index (κ3) is 4.35. The number of hydrogen-bond donors (Lipinski definition) is 0. The van der Waals surface area contributed by atoms with Crippen molar-refractivity contribution >= 4 is 22.6 Å². The summed E-state index contributed by atoms with van der Waals surface area (Å²) < 4.78 is 12.8. The van der Waals surface area contributed by atoms with Gasteiger partial charge in [0.15, 0.2) is 0 Å². The first kappa shape index (κ1) is 15.1. The first-order chi connectivity index (χ1) is 9.35. The van der Waals surface area contributed by atoms with Gasteiger partial charge in [0.05, 0.1) is 19.3 Å². The van der Waals surface area contributed by atoms with Crippen LogP contribution in [0.3, 0.4) is 0 Å². The van der Waals surface area contributed by atoms with Crippen LogP contribution in [0.25, 0.3) is 0 Å². The van der Waals surface area contributed by atoms with E-state index in [0.717, 1.165) is 10.2 Å². The van der Waals surface area contributed by atoms with Crippen molar-refractivity contribution in [2.75, 3.05) is 11.5 Å². The highest BCUT2D eigenvalue weighted by Crippen LogP contribution is 2.32. The number of methoxy groups -OCH3 is 1. The fourth-order valence-electron chi connectivity index (χ4n) is 2.74. The zero-order valence-corrected chi connectivity index (χ0v) is 13.8. The van der Waals surface area contributed by atoms with Gasteiger partial charge in [0, 0.05) is 9.99 Å². The zero-order chi connectivity index (χ0) is 13.5. The van der Waals surface area contributed by atoms with E-state index in [0.29, 0.717) is 6.10 Å². The molecule has 1 aliphatic carbocycles. The van der Waals surface area contributed by atoms with Crippen molar-refractivity contribution in [3.05, 3.63) is 29.8 Å². The van der Waals surface area contributed by atoms with Gasteiger partial charge in [-0.2, -0.15) is 0 Å². The van der Waals surface area contributed by atoms with Crippen molar-refractivity contribution in [3.63, 3.8) is 0 Å². The molecule has 2 nitrogen and oxygen atoms in total. The van der Waals surface area contributed by atoms with Gasteiger partial charge in [0.2, 0.25) is 0 Å². The van der Waals surface area contributed by atoms with Crippen LogP contribution < -0.4 is 4.74 Å². The molecule has 19 heavy (non-hydrogen) atoms. The number of benzene rings is 1. The summed E-state index contributed by atoms with van der Waals surface area (Å²) in [6.45, 7) is 0. The van der Waals surface area contributed by atoms with Gasteiger partial charge in [-0.25, -0.2) is 0 Å². The van der Waals surface area contributed by atoms with Gasteiger partial charge in [-0.3, -0.25) is 0 Å². The summed E-state index contributed by atoms with van der Waals surface area (Å²) in [5.41, 5.74) is 1.18. The summed E-state index contributed by atoms with van der Waals surface area (Å²) in [7, 11) is 1.73. The average Bonchev–Trinajstić information content (AvgIpc) is 2.73. The molecule has 0 amide bonds. The highest BCUT2D eigenvalue weighted by Gasteiger charge is 2.21. The van der Waals surface area contributed by atoms with Crippen molar-refractivity contribution in [2.24, 2.45) is 0 Å². The standard InChI is InChI=1S/C16H23IO2/c1-18-15-11-7-6-10-14(15)16(12-17)19-13-8-4-2-3-5-9-13/h6-7,10-11,13,16H,2-5,8-9,12H2,1H3. The minimum Gasteiger partial charge on any atom is -0.496 e. The Morgan fingerprint density at radius 1 is 1.16 bits per heavy atom. The fraction of sp³-hybridized carbons (Fsp3) is 0.625. The second-order valence-corrected chi connectivity index (χ2v) is 6.02. The lowest BCUT2D eigenvalue weighted by atomic mass is 10.1. The number of para-hydroxylation sites is 1. The number of hydrogen-bond acceptors (Lipinski definition) is 2. The summed E-state index contributed by atoms with van der Waals surface area (Å²) in [5, 5.41) is 0. The Kier molecular flexibility index (Phi) is 6.44. The molecule has 2 rings (SSSR count).